The Hall–Kier alpha value is -1.60. The summed E-state index contributed by atoms with van der Waals surface area (Å²) in [5.41, 5.74) is 2.98. The van der Waals surface area contributed by atoms with Gasteiger partial charge in [0.1, 0.15) is 0 Å². The molecule has 96 valence electrons. The highest BCUT2D eigenvalue weighted by Crippen LogP contribution is 2.11. The molecule has 0 saturated carbocycles. The van der Waals surface area contributed by atoms with Gasteiger partial charge in [0.05, 0.1) is 0 Å². The summed E-state index contributed by atoms with van der Waals surface area (Å²) < 4.78 is 0. The van der Waals surface area contributed by atoms with Crippen molar-refractivity contribution in [3.63, 3.8) is 0 Å². The van der Waals surface area contributed by atoms with E-state index in [4.69, 9.17) is 0 Å². The lowest BCUT2D eigenvalue weighted by molar-refractivity contribution is 0.644. The number of hydrogen-bond donors (Lipinski definition) is 1. The van der Waals surface area contributed by atoms with E-state index in [1.807, 2.05) is 50.2 Å². The van der Waals surface area contributed by atoms with Gasteiger partial charge >= 0.3 is 0 Å². The van der Waals surface area contributed by atoms with Crippen LogP contribution >= 0.6 is 0 Å². The monoisotopic (exact) mass is 241 g/mol. The Labute approximate surface area is 111 Å². The number of fused-ring (bicyclic) bond motifs is 1. The normalized spacial score (nSPS) is 12.1. The van der Waals surface area contributed by atoms with E-state index in [2.05, 4.69) is 29.6 Å². The van der Waals surface area contributed by atoms with Crippen molar-refractivity contribution in [2.45, 2.75) is 26.8 Å². The molecule has 0 aliphatic carbocycles. The summed E-state index contributed by atoms with van der Waals surface area (Å²) in [7, 11) is 0. The summed E-state index contributed by atoms with van der Waals surface area (Å²) in [4.78, 5) is 0. The van der Waals surface area contributed by atoms with Crippen LogP contribution in [0, 0.1) is 0 Å². The molecule has 1 heteroatoms. The third kappa shape index (κ3) is 5.15. The van der Waals surface area contributed by atoms with E-state index in [-0.39, 0.29) is 0 Å². The largest absolute Gasteiger partial charge is 0.312 e. The number of hydrogen-bond acceptors (Lipinski definition) is 1. The zero-order valence-electron chi connectivity index (χ0n) is 11.4. The summed E-state index contributed by atoms with van der Waals surface area (Å²) in [6, 6.07) is 20.6. The van der Waals surface area contributed by atoms with Gasteiger partial charge in [-0.3, -0.25) is 0 Å². The molecule has 0 saturated heterocycles. The molecule has 0 unspecified atom stereocenters. The third-order valence-corrected chi connectivity index (χ3v) is 2.67. The van der Waals surface area contributed by atoms with Gasteiger partial charge < -0.3 is 5.32 Å². The first kappa shape index (κ1) is 14.5. The highest BCUT2D eigenvalue weighted by molar-refractivity contribution is 5.28. The molecule has 3 rings (SSSR count). The minimum Gasteiger partial charge on any atom is -0.312 e. The summed E-state index contributed by atoms with van der Waals surface area (Å²) in [6.07, 6.45) is 1.19. The van der Waals surface area contributed by atoms with E-state index >= 15 is 0 Å². The Kier molecular flexibility index (Phi) is 7.58. The van der Waals surface area contributed by atoms with E-state index in [0.717, 1.165) is 13.1 Å². The Morgan fingerprint density at radius 2 is 1.22 bits per heavy atom. The van der Waals surface area contributed by atoms with E-state index < -0.39 is 0 Å². The van der Waals surface area contributed by atoms with Gasteiger partial charge in [0.25, 0.3) is 0 Å². The van der Waals surface area contributed by atoms with Crippen molar-refractivity contribution in [1.29, 1.82) is 0 Å². The van der Waals surface area contributed by atoms with Crippen molar-refractivity contribution in [3.8, 4) is 0 Å². The number of benzene rings is 2. The standard InChI is InChI=1S/C9H11N.C6H6.C2H6/c1-2-4-9-7-10-6-5-8(9)3-1;1-2-4-6-5-3-1;1-2/h1-4,10H,5-7H2;1-6H;1-2H3. The average Bonchev–Trinajstić information content (AvgIpc) is 2.52. The van der Waals surface area contributed by atoms with Gasteiger partial charge in [-0.05, 0) is 24.1 Å². The summed E-state index contributed by atoms with van der Waals surface area (Å²) >= 11 is 0. The first-order chi connectivity index (χ1) is 8.97. The fourth-order valence-corrected chi connectivity index (χ4v) is 1.80. The maximum atomic E-state index is 3.34. The zero-order chi connectivity index (χ0) is 13.1. The molecular weight excluding hydrogens is 218 g/mol. The molecule has 0 radical (unpaired) electrons. The second kappa shape index (κ2) is 9.43. The Morgan fingerprint density at radius 1 is 0.722 bits per heavy atom. The lowest BCUT2D eigenvalue weighted by Gasteiger charge is -2.15. The molecule has 1 heterocycles. The molecule has 0 aromatic heterocycles. The van der Waals surface area contributed by atoms with Crippen molar-refractivity contribution >= 4 is 0 Å². The molecule has 0 spiro atoms. The zero-order valence-corrected chi connectivity index (χ0v) is 11.4. The first-order valence-corrected chi connectivity index (χ1v) is 6.74. The van der Waals surface area contributed by atoms with Crippen molar-refractivity contribution in [3.05, 3.63) is 71.8 Å². The SMILES string of the molecule is CC.c1ccc2c(c1)CCNC2.c1ccccc1. The lowest BCUT2D eigenvalue weighted by Crippen LogP contribution is -2.23. The molecule has 0 fully saturated rings. The highest BCUT2D eigenvalue weighted by atomic mass is 14.9. The molecule has 0 atom stereocenters. The third-order valence-electron chi connectivity index (χ3n) is 2.67. The minimum atomic E-state index is 1.05. The van der Waals surface area contributed by atoms with Crippen molar-refractivity contribution in [2.75, 3.05) is 6.54 Å². The Morgan fingerprint density at radius 3 is 1.72 bits per heavy atom. The lowest BCUT2D eigenvalue weighted by atomic mass is 10.0. The fourth-order valence-electron chi connectivity index (χ4n) is 1.80. The summed E-state index contributed by atoms with van der Waals surface area (Å²) in [5.74, 6) is 0. The Bertz CT molecular complexity index is 357. The Balaban J connectivity index is 0.000000174. The second-order valence-corrected chi connectivity index (χ2v) is 3.85. The quantitative estimate of drug-likeness (QED) is 0.734. The van der Waals surface area contributed by atoms with Gasteiger partial charge in [-0.15, -0.1) is 0 Å². The van der Waals surface area contributed by atoms with E-state index in [1.165, 1.54) is 17.5 Å². The molecule has 1 nitrogen and oxygen atoms in total. The van der Waals surface area contributed by atoms with Gasteiger partial charge in [-0.25, -0.2) is 0 Å². The second-order valence-electron chi connectivity index (χ2n) is 3.85. The molecule has 1 aliphatic heterocycles. The van der Waals surface area contributed by atoms with E-state index in [9.17, 15) is 0 Å². The van der Waals surface area contributed by atoms with Crippen LogP contribution in [-0.4, -0.2) is 6.54 Å². The number of rotatable bonds is 0. The van der Waals surface area contributed by atoms with Gasteiger partial charge in [-0.1, -0.05) is 74.5 Å². The number of nitrogens with one attached hydrogen (secondary N) is 1. The molecule has 1 aliphatic rings. The average molecular weight is 241 g/mol. The van der Waals surface area contributed by atoms with Crippen LogP contribution in [0.4, 0.5) is 0 Å². The predicted octanol–water partition coefficient (Wildman–Crippen LogP) is 4.05. The smallest absolute Gasteiger partial charge is 0.0208 e. The van der Waals surface area contributed by atoms with Crippen LogP contribution in [0.5, 0.6) is 0 Å². The molecule has 1 N–H and O–H groups in total. The summed E-state index contributed by atoms with van der Waals surface area (Å²) in [6.45, 7) is 6.19. The van der Waals surface area contributed by atoms with Crippen LogP contribution in [-0.2, 0) is 13.0 Å². The van der Waals surface area contributed by atoms with Crippen LogP contribution in [0.15, 0.2) is 60.7 Å². The van der Waals surface area contributed by atoms with Crippen LogP contribution < -0.4 is 5.32 Å². The molecule has 0 amide bonds. The predicted molar refractivity (Wildman–Crippen MR) is 79.6 cm³/mol. The molecule has 2 aromatic carbocycles. The van der Waals surface area contributed by atoms with Crippen molar-refractivity contribution < 1.29 is 0 Å². The molecule has 0 bridgehead atoms. The van der Waals surface area contributed by atoms with Crippen LogP contribution in [0.25, 0.3) is 0 Å². The van der Waals surface area contributed by atoms with E-state index in [1.54, 1.807) is 0 Å². The minimum absolute atomic E-state index is 1.05. The molecular formula is C17H23N. The topological polar surface area (TPSA) is 12.0 Å². The van der Waals surface area contributed by atoms with Gasteiger partial charge in [0.15, 0.2) is 0 Å². The molecule has 2 aromatic rings. The first-order valence-electron chi connectivity index (χ1n) is 6.74. The summed E-state index contributed by atoms with van der Waals surface area (Å²) in [5, 5.41) is 3.34. The van der Waals surface area contributed by atoms with Gasteiger partial charge in [0, 0.05) is 6.54 Å². The van der Waals surface area contributed by atoms with Crippen molar-refractivity contribution in [1.82, 2.24) is 5.32 Å². The fraction of sp³-hybridized carbons (Fsp3) is 0.294. The van der Waals surface area contributed by atoms with Crippen molar-refractivity contribution in [2.24, 2.45) is 0 Å². The maximum Gasteiger partial charge on any atom is 0.0208 e. The van der Waals surface area contributed by atoms with Crippen LogP contribution in [0.2, 0.25) is 0 Å². The highest BCUT2D eigenvalue weighted by Gasteiger charge is 2.05. The van der Waals surface area contributed by atoms with Gasteiger partial charge in [-0.2, -0.15) is 0 Å². The maximum absolute atomic E-state index is 3.34. The van der Waals surface area contributed by atoms with Crippen LogP contribution in [0.1, 0.15) is 25.0 Å². The van der Waals surface area contributed by atoms with Gasteiger partial charge in [0.2, 0.25) is 0 Å². The molecule has 18 heavy (non-hydrogen) atoms. The van der Waals surface area contributed by atoms with E-state index in [0.29, 0.717) is 0 Å². The van der Waals surface area contributed by atoms with Crippen LogP contribution in [0.3, 0.4) is 0 Å².